The van der Waals surface area contributed by atoms with E-state index in [1.54, 1.807) is 0 Å². The molecule has 0 aromatic rings. The van der Waals surface area contributed by atoms with Crippen LogP contribution >= 0.6 is 0 Å². The molecule has 0 aromatic carbocycles. The lowest BCUT2D eigenvalue weighted by atomic mass is 9.95. The van der Waals surface area contributed by atoms with Crippen LogP contribution in [0.3, 0.4) is 0 Å². The molecule has 0 aliphatic carbocycles. The van der Waals surface area contributed by atoms with Crippen LogP contribution < -0.4 is 4.72 Å². The van der Waals surface area contributed by atoms with Crippen molar-refractivity contribution in [3.63, 3.8) is 0 Å². The summed E-state index contributed by atoms with van der Waals surface area (Å²) >= 11 is 0. The molecule has 2 aliphatic heterocycles. The summed E-state index contributed by atoms with van der Waals surface area (Å²) in [7, 11) is -16.1. The van der Waals surface area contributed by atoms with E-state index in [0.717, 1.165) is 0 Å². The van der Waals surface area contributed by atoms with Crippen LogP contribution in [-0.2, 0) is 77.5 Å². The van der Waals surface area contributed by atoms with Crippen molar-refractivity contribution in [2.75, 3.05) is 6.61 Å². The molecule has 6 N–H and O–H groups in total. The molecule has 2 aliphatic rings. The summed E-state index contributed by atoms with van der Waals surface area (Å²) < 4.78 is 134. The van der Waals surface area contributed by atoms with Gasteiger partial charge in [-0.1, -0.05) is 0 Å². The molecule has 2 rings (SSSR count). The summed E-state index contributed by atoms with van der Waals surface area (Å²) in [6.45, 7) is 6.85. The van der Waals surface area contributed by atoms with E-state index < -0.39 is 121 Å². The fraction of sp³-hybridized carbons (Fsp3) is 0.773. The van der Waals surface area contributed by atoms with E-state index in [2.05, 4.69) is 8.37 Å². The number of aliphatic hydroxyl groups excluding tert-OH is 1. The molecule has 2 heterocycles. The Balaban J connectivity index is 2.68. The molecule has 25 heteroatoms. The lowest BCUT2D eigenvalue weighted by Crippen LogP contribution is -2.67. The highest BCUT2D eigenvalue weighted by molar-refractivity contribution is 7.83. The van der Waals surface area contributed by atoms with Gasteiger partial charge in [0.1, 0.15) is 24.4 Å². The number of hydrogen-bond acceptors (Lipinski definition) is 17. The van der Waals surface area contributed by atoms with Gasteiger partial charge in [0.05, 0.1) is 17.4 Å². The van der Waals surface area contributed by atoms with E-state index in [-0.39, 0.29) is 0 Å². The van der Waals surface area contributed by atoms with E-state index in [0.29, 0.717) is 6.08 Å². The minimum absolute atomic E-state index is 0.569. The van der Waals surface area contributed by atoms with Crippen LogP contribution in [0.15, 0.2) is 11.8 Å². The number of carbonyl (C=O) groups excluding carboxylic acids is 2. The third-order valence-electron chi connectivity index (χ3n) is 5.92. The van der Waals surface area contributed by atoms with Gasteiger partial charge in [-0.2, -0.15) is 30.0 Å². The predicted molar refractivity (Wildman–Crippen MR) is 147 cm³/mol. The summed E-state index contributed by atoms with van der Waals surface area (Å²) in [5, 5.41) is 20.8. The van der Waals surface area contributed by atoms with Crippen molar-refractivity contribution in [3.8, 4) is 0 Å². The Kier molecular flexibility index (Phi) is 12.5. The summed E-state index contributed by atoms with van der Waals surface area (Å²) in [5.74, 6) is -5.07. The summed E-state index contributed by atoms with van der Waals surface area (Å²) in [4.78, 5) is 37.1. The molecule has 8 atom stereocenters. The first-order valence-electron chi connectivity index (χ1n) is 13.0. The van der Waals surface area contributed by atoms with Crippen LogP contribution in [0.2, 0.25) is 0 Å². The molecule has 272 valence electrons. The lowest BCUT2D eigenvalue weighted by Gasteiger charge is -2.45. The van der Waals surface area contributed by atoms with Crippen LogP contribution in [0.4, 0.5) is 0 Å². The van der Waals surface area contributed by atoms with Gasteiger partial charge in [-0.25, -0.2) is 13.2 Å². The SMILES string of the molecule is CC(C)(C)C(=O)O[C@@H]1O[C@H](COS(=O)(=O)O)[C@@H](O[C@@H]2OC(C(=O)O)=C[C@H](OC(=O)C(C)(C)C)[C@H]2OS(=O)(=O)O)[C@H](O)[C@H]1NS(=O)(=O)O. The van der Waals surface area contributed by atoms with Crippen molar-refractivity contribution < 1.29 is 95.6 Å². The predicted octanol–water partition coefficient (Wildman–Crippen LogP) is -1.90. The van der Waals surface area contributed by atoms with Gasteiger partial charge in [-0.15, -0.1) is 0 Å². The number of aliphatic hydroxyl groups is 1. The average Bonchev–Trinajstić information content (AvgIpc) is 2.85. The maximum Gasteiger partial charge on any atom is 0.397 e. The maximum atomic E-state index is 12.6. The second kappa shape index (κ2) is 14.5. The zero-order chi connectivity index (χ0) is 36.5. The highest BCUT2D eigenvalue weighted by Crippen LogP contribution is 2.33. The number of rotatable bonds is 12. The van der Waals surface area contributed by atoms with E-state index in [4.69, 9.17) is 28.2 Å². The standard InChI is InChI=1S/C22H35NO21S3/c1-21(2,3)19(27)41-9-7-10(16(25)26)39-18(15(9)44-47(35,36)37)42-14-11(8-38-46(32,33)34)40-17(43-20(28)22(4,5)6)12(13(14)24)23-45(29,30)31/h7,9,11-15,17-18,23-24H,8H2,1-6H3,(H,25,26)(H,29,30,31)(H,32,33,34)(H,35,36,37)/t9-,11+,12+,13+,14+,15+,17-,18-/m0/s1. The third-order valence-corrected chi connectivity index (χ3v) is 7.39. The number of hydrogen-bond donors (Lipinski definition) is 6. The molecule has 0 aromatic heterocycles. The highest BCUT2D eigenvalue weighted by atomic mass is 32.3. The van der Waals surface area contributed by atoms with E-state index in [1.165, 1.54) is 46.3 Å². The molecule has 1 saturated heterocycles. The molecule has 0 radical (unpaired) electrons. The second-order valence-corrected chi connectivity index (χ2v) is 15.4. The molecule has 47 heavy (non-hydrogen) atoms. The summed E-state index contributed by atoms with van der Waals surface area (Å²) in [6.07, 6.45) is -15.2. The second-order valence-electron chi connectivity index (χ2n) is 12.1. The quantitative estimate of drug-likeness (QED) is 0.0938. The van der Waals surface area contributed by atoms with Crippen LogP contribution in [-0.4, -0.2) is 123 Å². The zero-order valence-electron chi connectivity index (χ0n) is 25.4. The van der Waals surface area contributed by atoms with Crippen molar-refractivity contribution in [1.29, 1.82) is 0 Å². The Morgan fingerprint density at radius 3 is 1.83 bits per heavy atom. The van der Waals surface area contributed by atoms with Gasteiger partial charge in [0, 0.05) is 6.08 Å². The molecule has 0 saturated carbocycles. The Labute approximate surface area is 269 Å². The number of esters is 2. The topological polar surface area (TPSA) is 331 Å². The first-order valence-corrected chi connectivity index (χ1v) is 17.2. The fourth-order valence-electron chi connectivity index (χ4n) is 3.71. The maximum absolute atomic E-state index is 12.6. The van der Waals surface area contributed by atoms with Crippen LogP contribution in [0.25, 0.3) is 0 Å². The van der Waals surface area contributed by atoms with Crippen molar-refractivity contribution in [1.82, 2.24) is 4.72 Å². The van der Waals surface area contributed by atoms with E-state index >= 15 is 0 Å². The van der Waals surface area contributed by atoms with Crippen LogP contribution in [0, 0.1) is 10.8 Å². The van der Waals surface area contributed by atoms with E-state index in [1.807, 2.05) is 0 Å². The Hall–Kier alpha value is -2.56. The number of carbonyl (C=O) groups is 3. The molecular formula is C22H35NO21S3. The monoisotopic (exact) mass is 745 g/mol. The molecule has 0 amide bonds. The fourth-order valence-corrected chi connectivity index (χ4v) is 5.09. The molecular weight excluding hydrogens is 710 g/mol. The number of ether oxygens (including phenoxy) is 5. The molecule has 0 bridgehead atoms. The Morgan fingerprint density at radius 1 is 0.851 bits per heavy atom. The Bertz CT molecular complexity index is 1540. The van der Waals surface area contributed by atoms with Crippen LogP contribution in [0.1, 0.15) is 41.5 Å². The zero-order valence-corrected chi connectivity index (χ0v) is 27.8. The van der Waals surface area contributed by atoms with E-state index in [9.17, 15) is 59.0 Å². The number of carboxylic acids is 1. The normalized spacial score (nSPS) is 29.3. The lowest BCUT2D eigenvalue weighted by molar-refractivity contribution is -0.307. The van der Waals surface area contributed by atoms with Crippen molar-refractivity contribution in [3.05, 3.63) is 11.8 Å². The number of carboxylic acid groups (broad SMARTS) is 1. The molecule has 1 fully saturated rings. The average molecular weight is 746 g/mol. The summed E-state index contributed by atoms with van der Waals surface area (Å²) in [6, 6.07) is -2.21. The molecule has 0 spiro atoms. The first-order chi connectivity index (χ1) is 21.0. The van der Waals surface area contributed by atoms with Crippen molar-refractivity contribution in [2.24, 2.45) is 10.8 Å². The molecule has 22 nitrogen and oxygen atoms in total. The van der Waals surface area contributed by atoms with Crippen molar-refractivity contribution >= 4 is 49.0 Å². The largest absolute Gasteiger partial charge is 0.475 e. The molecule has 0 unspecified atom stereocenters. The van der Waals surface area contributed by atoms with Gasteiger partial charge in [-0.3, -0.25) is 23.2 Å². The number of nitrogens with one attached hydrogen (secondary N) is 1. The van der Waals surface area contributed by atoms with Gasteiger partial charge in [0.15, 0.2) is 12.2 Å². The number of aliphatic carboxylic acids is 1. The van der Waals surface area contributed by atoms with Gasteiger partial charge >= 0.3 is 49.0 Å². The van der Waals surface area contributed by atoms with Crippen LogP contribution in [0.5, 0.6) is 0 Å². The van der Waals surface area contributed by atoms with Gasteiger partial charge in [-0.05, 0) is 41.5 Å². The van der Waals surface area contributed by atoms with Gasteiger partial charge < -0.3 is 33.9 Å². The Morgan fingerprint density at radius 2 is 1.38 bits per heavy atom. The third kappa shape index (κ3) is 12.4. The van der Waals surface area contributed by atoms with Gasteiger partial charge in [0.25, 0.3) is 0 Å². The smallest absolute Gasteiger partial charge is 0.397 e. The minimum atomic E-state index is -5.51. The summed E-state index contributed by atoms with van der Waals surface area (Å²) in [5.41, 5.74) is -2.57. The highest BCUT2D eigenvalue weighted by Gasteiger charge is 2.53. The first kappa shape index (κ1) is 40.6. The van der Waals surface area contributed by atoms with Gasteiger partial charge in [0.2, 0.25) is 18.3 Å². The van der Waals surface area contributed by atoms with Crippen molar-refractivity contribution in [2.45, 2.75) is 90.7 Å². The minimum Gasteiger partial charge on any atom is -0.475 e.